The molecular formula is C23H28N4O2S. The summed E-state index contributed by atoms with van der Waals surface area (Å²) in [5.74, 6) is 1.93. The van der Waals surface area contributed by atoms with Crippen LogP contribution in [0.5, 0.6) is 11.5 Å². The van der Waals surface area contributed by atoms with Crippen molar-refractivity contribution in [1.82, 2.24) is 9.97 Å². The van der Waals surface area contributed by atoms with Gasteiger partial charge in [-0.1, -0.05) is 27.2 Å². The van der Waals surface area contributed by atoms with Crippen molar-refractivity contribution in [2.24, 2.45) is 16.4 Å². The van der Waals surface area contributed by atoms with Gasteiger partial charge in [0, 0.05) is 4.88 Å². The average Bonchev–Trinajstić information content (AvgIpc) is 3.13. The van der Waals surface area contributed by atoms with E-state index >= 15 is 0 Å². The highest BCUT2D eigenvalue weighted by Gasteiger charge is 2.33. The molecule has 0 saturated heterocycles. The van der Waals surface area contributed by atoms with E-state index in [0.717, 1.165) is 34.4 Å². The smallest absolute Gasteiger partial charge is 0.161 e. The minimum Gasteiger partial charge on any atom is -0.504 e. The molecule has 0 amide bonds. The summed E-state index contributed by atoms with van der Waals surface area (Å²) in [7, 11) is 1.53. The van der Waals surface area contributed by atoms with Gasteiger partial charge in [0.1, 0.15) is 11.2 Å². The van der Waals surface area contributed by atoms with Gasteiger partial charge in [-0.05, 0) is 59.9 Å². The first kappa shape index (κ1) is 20.6. The normalized spacial score (nSPS) is 16.7. The number of hydrogen-bond acceptors (Lipinski definition) is 7. The predicted octanol–water partition coefficient (Wildman–Crippen LogP) is 5.39. The Morgan fingerprint density at radius 1 is 1.37 bits per heavy atom. The quantitative estimate of drug-likeness (QED) is 0.409. The number of hydrogen-bond donors (Lipinski definition) is 2. The first-order valence-electron chi connectivity index (χ1n) is 10.3. The van der Waals surface area contributed by atoms with Crippen molar-refractivity contribution in [3.05, 3.63) is 40.5 Å². The molecule has 1 aromatic carbocycles. The van der Waals surface area contributed by atoms with Crippen molar-refractivity contribution in [2.75, 3.05) is 12.5 Å². The van der Waals surface area contributed by atoms with Crippen LogP contribution in [0, 0.1) is 11.3 Å². The summed E-state index contributed by atoms with van der Waals surface area (Å²) in [6.07, 6.45) is 7.88. The van der Waals surface area contributed by atoms with Crippen LogP contribution >= 0.6 is 11.3 Å². The molecule has 1 unspecified atom stereocenters. The molecule has 2 N–H and O–H groups in total. The number of benzene rings is 1. The predicted molar refractivity (Wildman–Crippen MR) is 123 cm³/mol. The van der Waals surface area contributed by atoms with Crippen LogP contribution < -0.4 is 10.2 Å². The third kappa shape index (κ3) is 3.86. The van der Waals surface area contributed by atoms with E-state index < -0.39 is 0 Å². The Morgan fingerprint density at radius 2 is 2.20 bits per heavy atom. The number of fused-ring (bicyclic) bond motifs is 3. The van der Waals surface area contributed by atoms with Crippen LogP contribution in [0.4, 0.5) is 5.82 Å². The molecule has 6 nitrogen and oxygen atoms in total. The van der Waals surface area contributed by atoms with Gasteiger partial charge in [0.15, 0.2) is 17.3 Å². The summed E-state index contributed by atoms with van der Waals surface area (Å²) in [4.78, 5) is 11.5. The number of rotatable bonds is 6. The number of phenolic OH excluding ortho intramolecular Hbond substituents is 1. The number of aryl methyl sites for hydroxylation is 1. The molecule has 1 aliphatic carbocycles. The van der Waals surface area contributed by atoms with E-state index in [2.05, 4.69) is 41.3 Å². The zero-order valence-electron chi connectivity index (χ0n) is 17.9. The van der Waals surface area contributed by atoms with Crippen LogP contribution in [0.3, 0.4) is 0 Å². The van der Waals surface area contributed by atoms with Gasteiger partial charge >= 0.3 is 0 Å². The summed E-state index contributed by atoms with van der Waals surface area (Å²) in [5, 5.41) is 15.2. The van der Waals surface area contributed by atoms with Crippen molar-refractivity contribution in [2.45, 2.75) is 46.5 Å². The molecule has 0 bridgehead atoms. The molecule has 7 heteroatoms. The van der Waals surface area contributed by atoms with E-state index in [1.54, 1.807) is 42.1 Å². The fraction of sp³-hybridized carbons (Fsp3) is 0.435. The second-order valence-corrected chi connectivity index (χ2v) is 9.57. The van der Waals surface area contributed by atoms with E-state index in [1.807, 2.05) is 0 Å². The lowest BCUT2D eigenvalue weighted by molar-refractivity contribution is 0.184. The molecule has 0 radical (unpaired) electrons. The Morgan fingerprint density at radius 3 is 2.97 bits per heavy atom. The fourth-order valence-electron chi connectivity index (χ4n) is 4.09. The number of aromatic nitrogens is 2. The minimum atomic E-state index is 0.106. The third-order valence-corrected chi connectivity index (χ3v) is 7.65. The van der Waals surface area contributed by atoms with Crippen LogP contribution in [0.1, 0.15) is 49.6 Å². The molecule has 3 aromatic rings. The van der Waals surface area contributed by atoms with Crippen molar-refractivity contribution in [3.8, 4) is 11.5 Å². The van der Waals surface area contributed by atoms with Crippen LogP contribution in [0.25, 0.3) is 10.2 Å². The first-order valence-corrected chi connectivity index (χ1v) is 11.2. The molecule has 4 rings (SSSR count). The van der Waals surface area contributed by atoms with Crippen LogP contribution in [0.15, 0.2) is 29.6 Å². The highest BCUT2D eigenvalue weighted by atomic mass is 32.1. The van der Waals surface area contributed by atoms with Crippen LogP contribution in [0.2, 0.25) is 0 Å². The van der Waals surface area contributed by atoms with E-state index in [0.29, 0.717) is 17.1 Å². The largest absolute Gasteiger partial charge is 0.504 e. The third-order valence-electron chi connectivity index (χ3n) is 6.45. The highest BCUT2D eigenvalue weighted by Crippen LogP contribution is 2.45. The van der Waals surface area contributed by atoms with E-state index in [4.69, 9.17) is 4.74 Å². The lowest BCUT2D eigenvalue weighted by Gasteiger charge is -2.36. The monoisotopic (exact) mass is 424 g/mol. The van der Waals surface area contributed by atoms with Gasteiger partial charge in [-0.2, -0.15) is 5.10 Å². The average molecular weight is 425 g/mol. The number of thiophene rings is 1. The van der Waals surface area contributed by atoms with E-state index in [9.17, 15) is 5.11 Å². The molecular weight excluding hydrogens is 396 g/mol. The molecule has 2 heterocycles. The maximum atomic E-state index is 9.74. The first-order chi connectivity index (χ1) is 14.4. The zero-order chi connectivity index (χ0) is 21.3. The molecule has 158 valence electrons. The summed E-state index contributed by atoms with van der Waals surface area (Å²) >= 11 is 1.78. The summed E-state index contributed by atoms with van der Waals surface area (Å²) < 4.78 is 5.16. The van der Waals surface area contributed by atoms with E-state index in [-0.39, 0.29) is 5.75 Å². The Hall–Kier alpha value is -2.67. The van der Waals surface area contributed by atoms with Gasteiger partial charge in [-0.25, -0.2) is 9.97 Å². The Labute approximate surface area is 181 Å². The molecule has 1 aliphatic rings. The van der Waals surface area contributed by atoms with E-state index in [1.165, 1.54) is 30.4 Å². The van der Waals surface area contributed by atoms with Gasteiger partial charge in [-0.3, -0.25) is 5.43 Å². The number of nitrogens with one attached hydrogen (secondary N) is 1. The zero-order valence-corrected chi connectivity index (χ0v) is 18.7. The second-order valence-electron chi connectivity index (χ2n) is 8.49. The lowest BCUT2D eigenvalue weighted by Crippen LogP contribution is -2.28. The van der Waals surface area contributed by atoms with Gasteiger partial charge in [0.25, 0.3) is 0 Å². The fourth-order valence-corrected chi connectivity index (χ4v) is 5.27. The summed E-state index contributed by atoms with van der Waals surface area (Å²) in [6.45, 7) is 7.04. The summed E-state index contributed by atoms with van der Waals surface area (Å²) in [6, 6.07) is 5.11. The Kier molecular flexibility index (Phi) is 5.64. The molecule has 0 saturated carbocycles. The Balaban J connectivity index is 1.62. The number of hydrazone groups is 1. The SMILES string of the molecule is CCC(C)(C)C1CCc2sc3ncnc(NN=Cc4ccc(O)c(OC)c4)c3c2C1. The molecule has 0 fully saturated rings. The molecule has 2 aromatic heterocycles. The van der Waals surface area contributed by atoms with Gasteiger partial charge in [0.05, 0.1) is 18.7 Å². The molecule has 1 atom stereocenters. The maximum absolute atomic E-state index is 9.74. The van der Waals surface area contributed by atoms with Crippen LogP contribution in [-0.2, 0) is 12.8 Å². The van der Waals surface area contributed by atoms with Crippen LogP contribution in [-0.4, -0.2) is 28.4 Å². The number of phenols is 1. The standard InChI is InChI=1S/C23H28N4O2S/c1-5-23(2,3)15-7-9-19-16(11-15)20-21(24-13-25-22(20)30-19)27-26-12-14-6-8-17(28)18(10-14)29-4/h6,8,10,12-13,15,28H,5,7,9,11H2,1-4H3,(H,24,25,27). The number of anilines is 1. The molecule has 0 spiro atoms. The lowest BCUT2D eigenvalue weighted by atomic mass is 9.69. The maximum Gasteiger partial charge on any atom is 0.161 e. The van der Waals surface area contributed by atoms with Gasteiger partial charge in [-0.15, -0.1) is 11.3 Å². The number of methoxy groups -OCH3 is 1. The van der Waals surface area contributed by atoms with Crippen molar-refractivity contribution < 1.29 is 9.84 Å². The van der Waals surface area contributed by atoms with Crippen molar-refractivity contribution in [1.29, 1.82) is 0 Å². The van der Waals surface area contributed by atoms with Crippen molar-refractivity contribution >= 4 is 33.6 Å². The summed E-state index contributed by atoms with van der Waals surface area (Å²) in [5.41, 5.74) is 5.64. The minimum absolute atomic E-state index is 0.106. The van der Waals surface area contributed by atoms with Gasteiger partial charge in [0.2, 0.25) is 0 Å². The topological polar surface area (TPSA) is 79.6 Å². The molecule has 0 aliphatic heterocycles. The number of ether oxygens (including phenoxy) is 1. The molecule has 30 heavy (non-hydrogen) atoms. The number of nitrogens with zero attached hydrogens (tertiary/aromatic N) is 3. The highest BCUT2D eigenvalue weighted by molar-refractivity contribution is 7.19. The number of aromatic hydroxyl groups is 1. The van der Waals surface area contributed by atoms with Crippen molar-refractivity contribution in [3.63, 3.8) is 0 Å². The Bertz CT molecular complexity index is 1090. The van der Waals surface area contributed by atoms with Gasteiger partial charge < -0.3 is 9.84 Å². The second kappa shape index (κ2) is 8.22.